The van der Waals surface area contributed by atoms with Gasteiger partial charge in [-0.2, -0.15) is 0 Å². The number of rotatable bonds is 5. The first-order chi connectivity index (χ1) is 9.33. The molecule has 0 saturated carbocycles. The van der Waals surface area contributed by atoms with Gasteiger partial charge in [-0.15, -0.1) is 0 Å². The average molecular weight is 251 g/mol. The van der Waals surface area contributed by atoms with Crippen molar-refractivity contribution in [2.75, 3.05) is 13.1 Å². The van der Waals surface area contributed by atoms with Gasteiger partial charge < -0.3 is 5.32 Å². The SMILES string of the molecule is Cc1cccc(CCNCC2Cc3ccccc32)c1. The van der Waals surface area contributed by atoms with Crippen LogP contribution in [0.15, 0.2) is 48.5 Å². The first-order valence-corrected chi connectivity index (χ1v) is 7.17. The predicted molar refractivity (Wildman–Crippen MR) is 80.6 cm³/mol. The fraction of sp³-hybridized carbons (Fsp3) is 0.333. The molecule has 1 unspecified atom stereocenters. The van der Waals surface area contributed by atoms with Crippen molar-refractivity contribution < 1.29 is 0 Å². The molecule has 0 aliphatic heterocycles. The Bertz CT molecular complexity index is 559. The Morgan fingerprint density at radius 2 is 2.00 bits per heavy atom. The summed E-state index contributed by atoms with van der Waals surface area (Å²) in [5.74, 6) is 0.730. The highest BCUT2D eigenvalue weighted by Gasteiger charge is 2.24. The van der Waals surface area contributed by atoms with E-state index < -0.39 is 0 Å². The van der Waals surface area contributed by atoms with E-state index in [0.717, 1.165) is 25.4 Å². The highest BCUT2D eigenvalue weighted by atomic mass is 14.9. The van der Waals surface area contributed by atoms with E-state index in [9.17, 15) is 0 Å². The van der Waals surface area contributed by atoms with Gasteiger partial charge in [0.15, 0.2) is 0 Å². The van der Waals surface area contributed by atoms with Crippen LogP contribution in [0, 0.1) is 6.92 Å². The number of hydrogen-bond acceptors (Lipinski definition) is 1. The lowest BCUT2D eigenvalue weighted by Crippen LogP contribution is -2.30. The largest absolute Gasteiger partial charge is 0.316 e. The van der Waals surface area contributed by atoms with Crippen molar-refractivity contribution >= 4 is 0 Å². The smallest absolute Gasteiger partial charge is 0.00235 e. The van der Waals surface area contributed by atoms with Gasteiger partial charge in [0.2, 0.25) is 0 Å². The fourth-order valence-electron chi connectivity index (χ4n) is 2.92. The van der Waals surface area contributed by atoms with Crippen LogP contribution in [-0.2, 0) is 12.8 Å². The molecule has 0 spiro atoms. The Kier molecular flexibility index (Phi) is 3.65. The van der Waals surface area contributed by atoms with Crippen molar-refractivity contribution in [3.05, 3.63) is 70.8 Å². The monoisotopic (exact) mass is 251 g/mol. The first-order valence-electron chi connectivity index (χ1n) is 7.17. The molecule has 3 rings (SSSR count). The number of hydrogen-bond donors (Lipinski definition) is 1. The zero-order chi connectivity index (χ0) is 13.1. The van der Waals surface area contributed by atoms with Crippen molar-refractivity contribution in [1.29, 1.82) is 0 Å². The van der Waals surface area contributed by atoms with E-state index >= 15 is 0 Å². The van der Waals surface area contributed by atoms with E-state index in [1.807, 2.05) is 0 Å². The maximum atomic E-state index is 3.60. The number of nitrogens with one attached hydrogen (secondary N) is 1. The van der Waals surface area contributed by atoms with Crippen LogP contribution in [-0.4, -0.2) is 13.1 Å². The van der Waals surface area contributed by atoms with Gasteiger partial charge in [0.05, 0.1) is 0 Å². The third kappa shape index (κ3) is 2.87. The third-order valence-corrected chi connectivity index (χ3v) is 4.02. The van der Waals surface area contributed by atoms with Gasteiger partial charge in [-0.05, 0) is 43.0 Å². The molecule has 0 saturated heterocycles. The van der Waals surface area contributed by atoms with Crippen molar-refractivity contribution in [2.45, 2.75) is 25.7 Å². The molecule has 0 radical (unpaired) electrons. The first kappa shape index (κ1) is 12.4. The van der Waals surface area contributed by atoms with E-state index in [4.69, 9.17) is 0 Å². The van der Waals surface area contributed by atoms with E-state index in [1.165, 1.54) is 23.1 Å². The summed E-state index contributed by atoms with van der Waals surface area (Å²) in [6.07, 6.45) is 2.36. The molecule has 1 nitrogen and oxygen atoms in total. The van der Waals surface area contributed by atoms with Crippen LogP contribution in [0.5, 0.6) is 0 Å². The van der Waals surface area contributed by atoms with Crippen molar-refractivity contribution in [1.82, 2.24) is 5.32 Å². The molecule has 98 valence electrons. The molecular weight excluding hydrogens is 230 g/mol. The Labute approximate surface area is 115 Å². The Balaban J connectivity index is 1.43. The molecule has 2 aromatic carbocycles. The fourth-order valence-corrected chi connectivity index (χ4v) is 2.92. The van der Waals surface area contributed by atoms with Crippen LogP contribution in [0.25, 0.3) is 0 Å². The quantitative estimate of drug-likeness (QED) is 0.802. The minimum absolute atomic E-state index is 0.730. The van der Waals surface area contributed by atoms with Crippen molar-refractivity contribution in [3.63, 3.8) is 0 Å². The Morgan fingerprint density at radius 1 is 1.11 bits per heavy atom. The second-order valence-corrected chi connectivity index (χ2v) is 5.54. The second kappa shape index (κ2) is 5.58. The third-order valence-electron chi connectivity index (χ3n) is 4.02. The van der Waals surface area contributed by atoms with Crippen LogP contribution in [0.2, 0.25) is 0 Å². The zero-order valence-electron chi connectivity index (χ0n) is 11.5. The summed E-state index contributed by atoms with van der Waals surface area (Å²) in [5.41, 5.74) is 5.87. The standard InChI is InChI=1S/C18H21N/c1-14-5-4-6-15(11-14)9-10-19-13-17-12-16-7-2-3-8-18(16)17/h2-8,11,17,19H,9-10,12-13H2,1H3. The molecule has 0 amide bonds. The summed E-state index contributed by atoms with van der Waals surface area (Å²) in [5, 5.41) is 3.60. The van der Waals surface area contributed by atoms with Gasteiger partial charge in [0, 0.05) is 12.5 Å². The minimum atomic E-state index is 0.730. The highest BCUT2D eigenvalue weighted by molar-refractivity contribution is 5.40. The van der Waals surface area contributed by atoms with E-state index in [1.54, 1.807) is 5.56 Å². The maximum absolute atomic E-state index is 3.60. The van der Waals surface area contributed by atoms with Crippen LogP contribution in [0.3, 0.4) is 0 Å². The van der Waals surface area contributed by atoms with Gasteiger partial charge in [-0.25, -0.2) is 0 Å². The summed E-state index contributed by atoms with van der Waals surface area (Å²) in [6.45, 7) is 4.34. The number of aryl methyl sites for hydroxylation is 1. The summed E-state index contributed by atoms with van der Waals surface area (Å²) < 4.78 is 0. The zero-order valence-corrected chi connectivity index (χ0v) is 11.5. The molecule has 1 heteroatoms. The lowest BCUT2D eigenvalue weighted by Gasteiger charge is -2.30. The molecule has 0 aromatic heterocycles. The topological polar surface area (TPSA) is 12.0 Å². The van der Waals surface area contributed by atoms with Gasteiger partial charge in [0.25, 0.3) is 0 Å². The summed E-state index contributed by atoms with van der Waals surface area (Å²) >= 11 is 0. The molecule has 0 bridgehead atoms. The number of benzene rings is 2. The summed E-state index contributed by atoms with van der Waals surface area (Å²) in [4.78, 5) is 0. The highest BCUT2D eigenvalue weighted by Crippen LogP contribution is 2.33. The lowest BCUT2D eigenvalue weighted by atomic mass is 9.77. The molecule has 1 aliphatic carbocycles. The van der Waals surface area contributed by atoms with E-state index in [-0.39, 0.29) is 0 Å². The normalized spacial score (nSPS) is 16.8. The van der Waals surface area contributed by atoms with Crippen LogP contribution in [0.1, 0.15) is 28.2 Å². The second-order valence-electron chi connectivity index (χ2n) is 5.54. The lowest BCUT2D eigenvalue weighted by molar-refractivity contribution is 0.537. The minimum Gasteiger partial charge on any atom is -0.316 e. The van der Waals surface area contributed by atoms with Crippen molar-refractivity contribution in [3.8, 4) is 0 Å². The van der Waals surface area contributed by atoms with E-state index in [2.05, 4.69) is 60.8 Å². The Hall–Kier alpha value is -1.60. The molecule has 0 fully saturated rings. The van der Waals surface area contributed by atoms with Gasteiger partial charge in [-0.1, -0.05) is 54.1 Å². The Morgan fingerprint density at radius 3 is 2.84 bits per heavy atom. The predicted octanol–water partition coefficient (Wildman–Crippen LogP) is 3.47. The van der Waals surface area contributed by atoms with Gasteiger partial charge in [-0.3, -0.25) is 0 Å². The molecule has 0 heterocycles. The summed E-state index contributed by atoms with van der Waals surface area (Å²) in [7, 11) is 0. The molecule has 1 N–H and O–H groups in total. The maximum Gasteiger partial charge on any atom is 0.00235 e. The number of fused-ring (bicyclic) bond motifs is 1. The molecule has 19 heavy (non-hydrogen) atoms. The average Bonchev–Trinajstić information content (AvgIpc) is 2.39. The molecule has 1 atom stereocenters. The van der Waals surface area contributed by atoms with Gasteiger partial charge >= 0.3 is 0 Å². The summed E-state index contributed by atoms with van der Waals surface area (Å²) in [6, 6.07) is 17.6. The van der Waals surface area contributed by atoms with Crippen LogP contribution in [0.4, 0.5) is 0 Å². The molecule has 2 aromatic rings. The van der Waals surface area contributed by atoms with Crippen LogP contribution < -0.4 is 5.32 Å². The van der Waals surface area contributed by atoms with Crippen LogP contribution >= 0.6 is 0 Å². The molecule has 1 aliphatic rings. The van der Waals surface area contributed by atoms with Gasteiger partial charge in [0.1, 0.15) is 0 Å². The molecular formula is C18H21N. The van der Waals surface area contributed by atoms with E-state index in [0.29, 0.717) is 0 Å². The van der Waals surface area contributed by atoms with Crippen molar-refractivity contribution in [2.24, 2.45) is 0 Å².